The molecule has 23 heavy (non-hydrogen) atoms. The van der Waals surface area contributed by atoms with E-state index in [9.17, 15) is 4.79 Å². The Hall–Kier alpha value is -2.17. The summed E-state index contributed by atoms with van der Waals surface area (Å²) in [5, 5.41) is 0. The number of ether oxygens (including phenoxy) is 2. The van der Waals surface area contributed by atoms with E-state index in [1.165, 1.54) is 0 Å². The summed E-state index contributed by atoms with van der Waals surface area (Å²) < 4.78 is 11.3. The predicted molar refractivity (Wildman–Crippen MR) is 87.7 cm³/mol. The lowest BCUT2D eigenvalue weighted by Crippen LogP contribution is -2.47. The SMILES string of the molecule is O=C1CO[C@H](COCc2ccccc2)CN1Cc1ccccc1. The number of morpholine rings is 1. The third-order valence-electron chi connectivity index (χ3n) is 3.85. The molecule has 0 saturated carbocycles. The molecule has 3 rings (SSSR count). The van der Waals surface area contributed by atoms with Crippen molar-refractivity contribution in [2.75, 3.05) is 19.8 Å². The molecule has 1 aliphatic rings. The van der Waals surface area contributed by atoms with Crippen molar-refractivity contribution in [3.05, 3.63) is 71.8 Å². The van der Waals surface area contributed by atoms with Crippen LogP contribution in [0.15, 0.2) is 60.7 Å². The highest BCUT2D eigenvalue weighted by atomic mass is 16.5. The Bertz CT molecular complexity index is 615. The highest BCUT2D eigenvalue weighted by molar-refractivity contribution is 5.78. The summed E-state index contributed by atoms with van der Waals surface area (Å²) in [5.41, 5.74) is 2.27. The fraction of sp³-hybridized carbons (Fsp3) is 0.316. The van der Waals surface area contributed by atoms with Gasteiger partial charge < -0.3 is 14.4 Å². The van der Waals surface area contributed by atoms with Crippen LogP contribution < -0.4 is 0 Å². The van der Waals surface area contributed by atoms with Gasteiger partial charge in [-0.15, -0.1) is 0 Å². The van der Waals surface area contributed by atoms with E-state index in [1.807, 2.05) is 65.6 Å². The lowest BCUT2D eigenvalue weighted by molar-refractivity contribution is -0.153. The third kappa shape index (κ3) is 4.65. The first-order valence-corrected chi connectivity index (χ1v) is 7.86. The van der Waals surface area contributed by atoms with Gasteiger partial charge in [0.15, 0.2) is 0 Å². The van der Waals surface area contributed by atoms with E-state index in [1.54, 1.807) is 0 Å². The summed E-state index contributed by atoms with van der Waals surface area (Å²) in [6, 6.07) is 20.1. The van der Waals surface area contributed by atoms with Gasteiger partial charge >= 0.3 is 0 Å². The molecule has 2 aromatic carbocycles. The normalized spacial score (nSPS) is 18.2. The third-order valence-corrected chi connectivity index (χ3v) is 3.85. The van der Waals surface area contributed by atoms with E-state index in [0.717, 1.165) is 11.1 Å². The van der Waals surface area contributed by atoms with Crippen molar-refractivity contribution in [3.8, 4) is 0 Å². The Labute approximate surface area is 136 Å². The van der Waals surface area contributed by atoms with E-state index < -0.39 is 0 Å². The maximum Gasteiger partial charge on any atom is 0.248 e. The lowest BCUT2D eigenvalue weighted by Gasteiger charge is -2.32. The number of hydrogen-bond acceptors (Lipinski definition) is 3. The molecule has 0 radical (unpaired) electrons. The van der Waals surface area contributed by atoms with Crippen molar-refractivity contribution >= 4 is 5.91 Å². The molecule has 1 amide bonds. The van der Waals surface area contributed by atoms with Crippen LogP contribution >= 0.6 is 0 Å². The number of carbonyl (C=O) groups excluding carboxylic acids is 1. The first kappa shape index (κ1) is 15.7. The molecule has 0 N–H and O–H groups in total. The number of amides is 1. The number of benzene rings is 2. The minimum Gasteiger partial charge on any atom is -0.374 e. The summed E-state index contributed by atoms with van der Waals surface area (Å²) in [4.78, 5) is 13.8. The first-order chi connectivity index (χ1) is 11.3. The van der Waals surface area contributed by atoms with Gasteiger partial charge in [-0.05, 0) is 11.1 Å². The Balaban J connectivity index is 1.48. The summed E-state index contributed by atoms with van der Waals surface area (Å²) in [5.74, 6) is 0.0353. The molecule has 1 saturated heterocycles. The van der Waals surface area contributed by atoms with Gasteiger partial charge in [-0.2, -0.15) is 0 Å². The van der Waals surface area contributed by atoms with E-state index in [0.29, 0.717) is 26.3 Å². The second-order valence-electron chi connectivity index (χ2n) is 5.69. The standard InChI is InChI=1S/C19H21NO3/c21-19-15-23-18(14-22-13-17-9-5-2-6-10-17)12-20(19)11-16-7-3-1-4-8-16/h1-10,18H,11-15H2/t18-/m0/s1. The van der Waals surface area contributed by atoms with Crippen molar-refractivity contribution in [2.45, 2.75) is 19.3 Å². The zero-order chi connectivity index (χ0) is 15.9. The highest BCUT2D eigenvalue weighted by Crippen LogP contribution is 2.12. The van der Waals surface area contributed by atoms with Gasteiger partial charge in [-0.3, -0.25) is 4.79 Å². The lowest BCUT2D eigenvalue weighted by atomic mass is 10.2. The van der Waals surface area contributed by atoms with Crippen molar-refractivity contribution in [2.24, 2.45) is 0 Å². The highest BCUT2D eigenvalue weighted by Gasteiger charge is 2.26. The van der Waals surface area contributed by atoms with Crippen LogP contribution in [0.4, 0.5) is 0 Å². The zero-order valence-electron chi connectivity index (χ0n) is 13.1. The molecule has 0 unspecified atom stereocenters. The second-order valence-corrected chi connectivity index (χ2v) is 5.69. The molecule has 4 nitrogen and oxygen atoms in total. The molecule has 0 aliphatic carbocycles. The molecule has 2 aromatic rings. The van der Waals surface area contributed by atoms with E-state index in [2.05, 4.69) is 0 Å². The van der Waals surface area contributed by atoms with Gasteiger partial charge in [0.2, 0.25) is 5.91 Å². The Morgan fingerprint density at radius 2 is 1.65 bits per heavy atom. The van der Waals surface area contributed by atoms with Crippen molar-refractivity contribution in [3.63, 3.8) is 0 Å². The molecule has 1 fully saturated rings. The molecular weight excluding hydrogens is 290 g/mol. The Kier molecular flexibility index (Phi) is 5.40. The topological polar surface area (TPSA) is 38.8 Å². The minimum absolute atomic E-state index is 0.0353. The van der Waals surface area contributed by atoms with Crippen molar-refractivity contribution < 1.29 is 14.3 Å². The van der Waals surface area contributed by atoms with Crippen LogP contribution in [0.3, 0.4) is 0 Å². The quantitative estimate of drug-likeness (QED) is 0.823. The molecule has 4 heteroatoms. The molecule has 0 aromatic heterocycles. The van der Waals surface area contributed by atoms with Crippen LogP contribution in [0.2, 0.25) is 0 Å². The van der Waals surface area contributed by atoms with Crippen LogP contribution in [-0.2, 0) is 27.4 Å². The maximum absolute atomic E-state index is 12.0. The molecule has 1 heterocycles. The van der Waals surface area contributed by atoms with Gasteiger partial charge in [0.25, 0.3) is 0 Å². The number of carbonyl (C=O) groups is 1. The second kappa shape index (κ2) is 7.90. The molecule has 120 valence electrons. The summed E-state index contributed by atoms with van der Waals surface area (Å²) in [7, 11) is 0. The average Bonchev–Trinajstić information content (AvgIpc) is 2.60. The zero-order valence-corrected chi connectivity index (χ0v) is 13.1. The first-order valence-electron chi connectivity index (χ1n) is 7.86. The van der Waals surface area contributed by atoms with E-state index >= 15 is 0 Å². The van der Waals surface area contributed by atoms with Gasteiger partial charge in [0.1, 0.15) is 6.61 Å². The maximum atomic E-state index is 12.0. The Morgan fingerprint density at radius 1 is 1.00 bits per heavy atom. The van der Waals surface area contributed by atoms with Gasteiger partial charge in [-0.1, -0.05) is 60.7 Å². The molecule has 0 spiro atoms. The summed E-state index contributed by atoms with van der Waals surface area (Å²) >= 11 is 0. The predicted octanol–water partition coefficient (Wildman–Crippen LogP) is 2.63. The van der Waals surface area contributed by atoms with Crippen LogP contribution in [0, 0.1) is 0 Å². The number of nitrogens with zero attached hydrogens (tertiary/aromatic N) is 1. The van der Waals surface area contributed by atoms with Gasteiger partial charge in [0.05, 0.1) is 19.3 Å². The molecular formula is C19H21NO3. The molecule has 0 bridgehead atoms. The summed E-state index contributed by atoms with van der Waals surface area (Å²) in [6.45, 7) is 2.38. The van der Waals surface area contributed by atoms with Gasteiger partial charge in [0, 0.05) is 13.1 Å². The largest absolute Gasteiger partial charge is 0.374 e. The Morgan fingerprint density at radius 3 is 2.35 bits per heavy atom. The summed E-state index contributed by atoms with van der Waals surface area (Å²) in [6.07, 6.45) is -0.0693. The van der Waals surface area contributed by atoms with Crippen LogP contribution in [0.5, 0.6) is 0 Å². The van der Waals surface area contributed by atoms with Crippen LogP contribution in [0.25, 0.3) is 0 Å². The fourth-order valence-corrected chi connectivity index (χ4v) is 2.62. The average molecular weight is 311 g/mol. The fourth-order valence-electron chi connectivity index (χ4n) is 2.62. The molecule has 1 atom stereocenters. The van der Waals surface area contributed by atoms with Crippen LogP contribution in [0.1, 0.15) is 11.1 Å². The smallest absolute Gasteiger partial charge is 0.248 e. The van der Waals surface area contributed by atoms with E-state index in [-0.39, 0.29) is 18.6 Å². The van der Waals surface area contributed by atoms with Crippen molar-refractivity contribution in [1.82, 2.24) is 4.90 Å². The molecule has 1 aliphatic heterocycles. The van der Waals surface area contributed by atoms with Crippen molar-refractivity contribution in [1.29, 1.82) is 0 Å². The number of rotatable bonds is 6. The number of hydrogen-bond donors (Lipinski definition) is 0. The van der Waals surface area contributed by atoms with Crippen LogP contribution in [-0.4, -0.2) is 36.7 Å². The monoisotopic (exact) mass is 311 g/mol. The minimum atomic E-state index is -0.0693. The van der Waals surface area contributed by atoms with Gasteiger partial charge in [-0.25, -0.2) is 0 Å². The van der Waals surface area contributed by atoms with E-state index in [4.69, 9.17) is 9.47 Å².